The third-order valence-electron chi connectivity index (χ3n) is 0.400. The molecule has 0 unspecified atom stereocenters. The van der Waals surface area contributed by atoms with E-state index >= 15 is 0 Å². The van der Waals surface area contributed by atoms with Crippen LogP contribution < -0.4 is 0 Å². The molecule has 2 N–H and O–H groups in total. The molecule has 0 aromatic rings. The van der Waals surface area contributed by atoms with Crippen LogP contribution in [0.15, 0.2) is 0 Å². The van der Waals surface area contributed by atoms with E-state index in [1.165, 1.54) is 0 Å². The van der Waals surface area contributed by atoms with Gasteiger partial charge in [0.05, 0.1) is 1.37 Å². The Kier molecular flexibility index (Phi) is 1.56. The van der Waals surface area contributed by atoms with Crippen LogP contribution in [0.3, 0.4) is 0 Å². The van der Waals surface area contributed by atoms with Gasteiger partial charge in [0.2, 0.25) is 0 Å². The number of rotatable bonds is 2. The molecule has 38 valence electrons. The van der Waals surface area contributed by atoms with Crippen molar-refractivity contribution in [1.29, 1.82) is 0 Å². The van der Waals surface area contributed by atoms with Crippen LogP contribution in [0.1, 0.15) is 22.5 Å². The topological polar surface area (TPSA) is 40.5 Å². The zero-order valence-electron chi connectivity index (χ0n) is 5.52. The van der Waals surface area contributed by atoms with Gasteiger partial charge < -0.3 is 10.2 Å². The fraction of sp³-hybridized carbons (Fsp3) is 1.00. The average molecular weight is 92.1 g/mol. The summed E-state index contributed by atoms with van der Waals surface area (Å²) in [6, 6.07) is 0. The molecule has 0 radical (unpaired) electrons. The average Bonchev–Trinajstić information content (AvgIpc) is 1.59. The van der Waals surface area contributed by atoms with Crippen LogP contribution in [-0.2, 0) is 0 Å². The van der Waals surface area contributed by atoms with Crippen LogP contribution in [0, 0.1) is 0 Å². The lowest BCUT2D eigenvalue weighted by Gasteiger charge is -1.94. The van der Waals surface area contributed by atoms with Gasteiger partial charge in [0.1, 0.15) is 0 Å². The molecule has 0 aliphatic carbocycles. The van der Waals surface area contributed by atoms with E-state index in [2.05, 4.69) is 0 Å². The van der Waals surface area contributed by atoms with Crippen molar-refractivity contribution in [3.8, 4) is 0 Å². The van der Waals surface area contributed by atoms with Gasteiger partial charge in [0, 0.05) is 1.37 Å². The number of hydrogen-bond donors (Lipinski definition) is 2. The van der Waals surface area contributed by atoms with Crippen molar-refractivity contribution in [3.63, 3.8) is 0 Å². The molecule has 0 heterocycles. The first-order chi connectivity index (χ1) is 3.56. The Balaban J connectivity index is 3.11. The molecule has 0 aromatic heterocycles. The summed E-state index contributed by atoms with van der Waals surface area (Å²) >= 11 is 0. The molecular weight excluding hydrogens is 80.0 g/mol. The first-order valence-corrected chi connectivity index (χ1v) is 1.80. The van der Waals surface area contributed by atoms with Crippen molar-refractivity contribution in [3.05, 3.63) is 0 Å². The molecule has 2 heteroatoms. The molecule has 0 fully saturated rings. The first-order valence-electron chi connectivity index (χ1n) is 3.01. The second-order valence-corrected chi connectivity index (χ2v) is 1.02. The predicted molar refractivity (Wildman–Crippen MR) is 23.1 cm³/mol. The molecule has 0 saturated carbocycles. The largest absolute Gasteiger partial charge is 0.368 e. The van der Waals surface area contributed by atoms with Crippen molar-refractivity contribution in [2.75, 3.05) is 0 Å². The molecule has 0 rings (SSSR count). The quantitative estimate of drug-likeness (QED) is 0.474. The maximum atomic E-state index is 8.29. The van der Waals surface area contributed by atoms with Gasteiger partial charge in [-0.05, 0) is 6.42 Å². The molecule has 0 amide bonds. The highest BCUT2D eigenvalue weighted by molar-refractivity contribution is 4.31. The van der Waals surface area contributed by atoms with E-state index in [9.17, 15) is 0 Å². The highest BCUT2D eigenvalue weighted by Gasteiger charge is 1.89. The van der Waals surface area contributed by atoms with Crippen molar-refractivity contribution in [2.24, 2.45) is 0 Å². The molecule has 2 nitrogen and oxygen atoms in total. The molecule has 0 aliphatic heterocycles. The molecule has 0 spiro atoms. The van der Waals surface area contributed by atoms with Crippen LogP contribution >= 0.6 is 0 Å². The van der Waals surface area contributed by atoms with E-state index in [0.717, 1.165) is 0 Å². The Morgan fingerprint density at radius 2 is 2.67 bits per heavy atom. The lowest BCUT2D eigenvalue weighted by molar-refractivity contribution is -0.0453. The van der Waals surface area contributed by atoms with Gasteiger partial charge in [-0.2, -0.15) is 0 Å². The summed E-state index contributed by atoms with van der Waals surface area (Å²) in [7, 11) is 0. The van der Waals surface area contributed by atoms with Gasteiger partial charge in [0.25, 0.3) is 0 Å². The summed E-state index contributed by atoms with van der Waals surface area (Å²) in [5.74, 6) is 0. The Labute approximate surface area is 40.2 Å². The van der Waals surface area contributed by atoms with Gasteiger partial charge in [-0.15, -0.1) is 0 Å². The number of hydrogen-bond acceptors (Lipinski definition) is 2. The third kappa shape index (κ3) is 3.92. The van der Waals surface area contributed by atoms with Gasteiger partial charge in [-0.1, -0.05) is 13.3 Å². The minimum Gasteiger partial charge on any atom is -0.368 e. The maximum absolute atomic E-state index is 8.29. The second kappa shape index (κ2) is 3.12. The van der Waals surface area contributed by atoms with Crippen LogP contribution in [0.4, 0.5) is 0 Å². The van der Waals surface area contributed by atoms with Crippen LogP contribution in [0.25, 0.3) is 0 Å². The summed E-state index contributed by atoms with van der Waals surface area (Å²) in [6.45, 7) is 0.141. The monoisotopic (exact) mass is 92.1 g/mol. The van der Waals surface area contributed by atoms with Crippen LogP contribution in [-0.4, -0.2) is 16.5 Å². The van der Waals surface area contributed by atoms with Gasteiger partial charge in [0.15, 0.2) is 6.27 Å². The Morgan fingerprint density at radius 1 is 2.00 bits per heavy atom. The molecule has 0 atom stereocenters. The highest BCUT2D eigenvalue weighted by atomic mass is 16.5. The summed E-state index contributed by atoms with van der Waals surface area (Å²) in [5.41, 5.74) is 0. The third-order valence-corrected chi connectivity index (χ3v) is 0.400. The zero-order chi connectivity index (χ0) is 6.62. The second-order valence-electron chi connectivity index (χ2n) is 1.02. The minimum absolute atomic E-state index is 0.0451. The standard InChI is InChI=1S/C4H10O2/c1-2-3-4(5)6/h4-6H,2-3H2,1H3/i1D,4D. The SMILES string of the molecule is [2H]CCCC([2H])(O)O. The van der Waals surface area contributed by atoms with Crippen molar-refractivity contribution in [1.82, 2.24) is 0 Å². The Bertz CT molecular complexity index is 59.5. The lowest BCUT2D eigenvalue weighted by Crippen LogP contribution is -2.01. The summed E-state index contributed by atoms with van der Waals surface area (Å²) in [5, 5.41) is 16.6. The molecule has 0 aliphatic rings. The maximum Gasteiger partial charge on any atom is 0.151 e. The molecule has 6 heavy (non-hydrogen) atoms. The Hall–Kier alpha value is -0.0800. The first kappa shape index (κ1) is 2.99. The fourth-order valence-electron chi connectivity index (χ4n) is 0.158. The van der Waals surface area contributed by atoms with Gasteiger partial charge in [-0.25, -0.2) is 0 Å². The smallest absolute Gasteiger partial charge is 0.151 e. The van der Waals surface area contributed by atoms with E-state index in [0.29, 0.717) is 6.42 Å². The summed E-state index contributed by atoms with van der Waals surface area (Å²) in [4.78, 5) is 0. The van der Waals surface area contributed by atoms with Gasteiger partial charge in [-0.3, -0.25) is 0 Å². The highest BCUT2D eigenvalue weighted by Crippen LogP contribution is 1.88. The van der Waals surface area contributed by atoms with E-state index in [1.54, 1.807) is 0 Å². The lowest BCUT2D eigenvalue weighted by atomic mass is 10.3. The number of aliphatic hydroxyl groups is 2. The van der Waals surface area contributed by atoms with Crippen molar-refractivity contribution in [2.45, 2.75) is 26.0 Å². The molecule has 0 bridgehead atoms. The van der Waals surface area contributed by atoms with Crippen LogP contribution in [0.5, 0.6) is 0 Å². The van der Waals surface area contributed by atoms with Crippen molar-refractivity contribution < 1.29 is 13.0 Å². The normalized spacial score (nSPS) is 16.3. The molecule has 0 aromatic carbocycles. The van der Waals surface area contributed by atoms with Gasteiger partial charge >= 0.3 is 0 Å². The molecule has 0 saturated heterocycles. The van der Waals surface area contributed by atoms with E-state index in [1.807, 2.05) is 0 Å². The molecular formula is C4H10O2. The summed E-state index contributed by atoms with van der Waals surface area (Å²) in [6.07, 6.45) is -2.01. The zero-order valence-corrected chi connectivity index (χ0v) is 3.52. The van der Waals surface area contributed by atoms with E-state index < -0.39 is 6.27 Å². The van der Waals surface area contributed by atoms with Crippen LogP contribution in [0.2, 0.25) is 0 Å². The van der Waals surface area contributed by atoms with E-state index in [4.69, 9.17) is 13.0 Å². The summed E-state index contributed by atoms with van der Waals surface area (Å²) < 4.78 is 13.0. The predicted octanol–water partition coefficient (Wildman–Crippen LogP) is 0.0972. The minimum atomic E-state index is -2.32. The van der Waals surface area contributed by atoms with Crippen molar-refractivity contribution >= 4 is 0 Å². The fourth-order valence-corrected chi connectivity index (χ4v) is 0.158. The Morgan fingerprint density at radius 3 is 2.83 bits per heavy atom. The van der Waals surface area contributed by atoms with E-state index in [-0.39, 0.29) is 13.3 Å².